The van der Waals surface area contributed by atoms with Crippen molar-refractivity contribution >= 4 is 27.2 Å². The molecular formula is C14H17N3S. The second kappa shape index (κ2) is 4.21. The van der Waals surface area contributed by atoms with Gasteiger partial charge in [-0.05, 0) is 31.0 Å². The molecule has 94 valence electrons. The van der Waals surface area contributed by atoms with E-state index >= 15 is 0 Å². The van der Waals surface area contributed by atoms with E-state index in [1.165, 1.54) is 33.8 Å². The molecule has 2 aliphatic rings. The zero-order valence-corrected chi connectivity index (χ0v) is 11.2. The van der Waals surface area contributed by atoms with Crippen LogP contribution >= 0.6 is 11.3 Å². The van der Waals surface area contributed by atoms with Crippen LogP contribution in [0.3, 0.4) is 0 Å². The van der Waals surface area contributed by atoms with E-state index < -0.39 is 0 Å². The predicted octanol–water partition coefficient (Wildman–Crippen LogP) is 2.58. The Morgan fingerprint density at radius 3 is 2.83 bits per heavy atom. The molecule has 0 radical (unpaired) electrons. The molecule has 4 heteroatoms. The Morgan fingerprint density at radius 2 is 2.06 bits per heavy atom. The summed E-state index contributed by atoms with van der Waals surface area (Å²) in [7, 11) is 0. The largest absolute Gasteiger partial charge is 0.369 e. The molecule has 1 saturated carbocycles. The first-order valence-electron chi connectivity index (χ1n) is 6.76. The summed E-state index contributed by atoms with van der Waals surface area (Å²) in [5.41, 5.74) is 2.54. The van der Waals surface area contributed by atoms with E-state index in [0.717, 1.165) is 32.1 Å². The summed E-state index contributed by atoms with van der Waals surface area (Å²) >= 11 is 1.89. The second-order valence-electron chi connectivity index (χ2n) is 5.22. The third-order valence-electron chi connectivity index (χ3n) is 3.80. The summed E-state index contributed by atoms with van der Waals surface area (Å²) in [5.74, 6) is 0.769. The van der Waals surface area contributed by atoms with Crippen LogP contribution in [0.1, 0.15) is 23.8 Å². The molecule has 2 heterocycles. The van der Waals surface area contributed by atoms with E-state index in [0.29, 0.717) is 0 Å². The Morgan fingerprint density at radius 1 is 1.22 bits per heavy atom. The van der Waals surface area contributed by atoms with Gasteiger partial charge in [0, 0.05) is 37.8 Å². The van der Waals surface area contributed by atoms with Crippen LogP contribution in [0.5, 0.6) is 0 Å². The van der Waals surface area contributed by atoms with E-state index in [9.17, 15) is 0 Å². The molecule has 1 N–H and O–H groups in total. The summed E-state index contributed by atoms with van der Waals surface area (Å²) in [6, 6.07) is 6.74. The molecule has 2 aromatic rings. The average Bonchev–Trinajstić information content (AvgIpc) is 3.19. The van der Waals surface area contributed by atoms with E-state index in [4.69, 9.17) is 4.98 Å². The van der Waals surface area contributed by atoms with E-state index in [1.807, 2.05) is 11.3 Å². The monoisotopic (exact) mass is 259 g/mol. The Labute approximate surface area is 111 Å². The second-order valence-corrected chi connectivity index (χ2v) is 6.28. The highest BCUT2D eigenvalue weighted by Crippen LogP contribution is 2.43. The highest BCUT2D eigenvalue weighted by atomic mass is 32.1. The van der Waals surface area contributed by atoms with Crippen molar-refractivity contribution in [1.29, 1.82) is 0 Å². The van der Waals surface area contributed by atoms with Gasteiger partial charge in [-0.1, -0.05) is 0 Å². The molecule has 1 aliphatic carbocycles. The average molecular weight is 259 g/mol. The maximum atomic E-state index is 4.75. The smallest absolute Gasteiger partial charge is 0.0969 e. The van der Waals surface area contributed by atoms with Gasteiger partial charge in [-0.2, -0.15) is 0 Å². The van der Waals surface area contributed by atoms with E-state index in [2.05, 4.69) is 28.4 Å². The summed E-state index contributed by atoms with van der Waals surface area (Å²) in [4.78, 5) is 7.21. The van der Waals surface area contributed by atoms with Crippen molar-refractivity contribution in [3.8, 4) is 0 Å². The van der Waals surface area contributed by atoms with Crippen LogP contribution in [-0.4, -0.2) is 31.2 Å². The number of anilines is 1. The number of thiazole rings is 1. The fraction of sp³-hybridized carbons (Fsp3) is 0.500. The van der Waals surface area contributed by atoms with E-state index in [-0.39, 0.29) is 0 Å². The molecule has 1 aromatic carbocycles. The summed E-state index contributed by atoms with van der Waals surface area (Å²) in [5, 5.41) is 4.75. The van der Waals surface area contributed by atoms with Gasteiger partial charge in [-0.3, -0.25) is 0 Å². The van der Waals surface area contributed by atoms with Crippen molar-refractivity contribution < 1.29 is 0 Å². The molecule has 0 bridgehead atoms. The number of hydrogen-bond acceptors (Lipinski definition) is 4. The molecule has 3 nitrogen and oxygen atoms in total. The lowest BCUT2D eigenvalue weighted by Crippen LogP contribution is -2.43. The highest BCUT2D eigenvalue weighted by Gasteiger charge is 2.27. The molecule has 4 rings (SSSR count). The standard InChI is InChI=1S/C14H17N3S/c1-2-10(1)14-16-12-4-3-11(9-13(12)18-14)17-7-5-15-6-8-17/h3-4,9-10,15H,1-2,5-8H2. The lowest BCUT2D eigenvalue weighted by molar-refractivity contribution is 0.589. The number of nitrogens with zero attached hydrogens (tertiary/aromatic N) is 2. The van der Waals surface area contributed by atoms with Crippen molar-refractivity contribution in [2.45, 2.75) is 18.8 Å². The third kappa shape index (κ3) is 1.89. The lowest BCUT2D eigenvalue weighted by Gasteiger charge is -2.29. The quantitative estimate of drug-likeness (QED) is 0.898. The molecule has 1 aliphatic heterocycles. The van der Waals surface area contributed by atoms with E-state index in [1.54, 1.807) is 0 Å². The van der Waals surface area contributed by atoms with Gasteiger partial charge in [0.25, 0.3) is 0 Å². The number of hydrogen-bond donors (Lipinski definition) is 1. The maximum Gasteiger partial charge on any atom is 0.0969 e. The Hall–Kier alpha value is -1.13. The minimum absolute atomic E-state index is 0.769. The van der Waals surface area contributed by atoms with Gasteiger partial charge >= 0.3 is 0 Å². The number of benzene rings is 1. The van der Waals surface area contributed by atoms with Gasteiger partial charge in [0.05, 0.1) is 15.2 Å². The number of piperazine rings is 1. The Balaban J connectivity index is 1.69. The normalized spacial score (nSPS) is 20.6. The zero-order chi connectivity index (χ0) is 11.9. The van der Waals surface area contributed by atoms with Crippen molar-refractivity contribution in [2.75, 3.05) is 31.1 Å². The minimum Gasteiger partial charge on any atom is -0.369 e. The number of nitrogens with one attached hydrogen (secondary N) is 1. The van der Waals surface area contributed by atoms with Gasteiger partial charge < -0.3 is 10.2 Å². The Kier molecular flexibility index (Phi) is 2.52. The first kappa shape index (κ1) is 10.8. The molecule has 0 amide bonds. The maximum absolute atomic E-state index is 4.75. The fourth-order valence-corrected chi connectivity index (χ4v) is 3.73. The summed E-state index contributed by atoms with van der Waals surface area (Å²) < 4.78 is 1.35. The number of rotatable bonds is 2. The SMILES string of the molecule is c1cc2nc(C3CC3)sc2cc1N1CCNCC1. The molecule has 18 heavy (non-hydrogen) atoms. The van der Waals surface area contributed by atoms with Crippen LogP contribution in [0.25, 0.3) is 10.2 Å². The molecule has 2 fully saturated rings. The predicted molar refractivity (Wildman–Crippen MR) is 76.7 cm³/mol. The van der Waals surface area contributed by atoms with Gasteiger partial charge in [0.15, 0.2) is 0 Å². The van der Waals surface area contributed by atoms with Crippen LogP contribution in [0.4, 0.5) is 5.69 Å². The molecule has 0 atom stereocenters. The molecule has 0 spiro atoms. The van der Waals surface area contributed by atoms with Gasteiger partial charge in [0.2, 0.25) is 0 Å². The first-order chi connectivity index (χ1) is 8.90. The molecular weight excluding hydrogens is 242 g/mol. The number of aromatic nitrogens is 1. The van der Waals surface area contributed by atoms with Crippen LogP contribution in [-0.2, 0) is 0 Å². The van der Waals surface area contributed by atoms with Crippen LogP contribution < -0.4 is 10.2 Å². The van der Waals surface area contributed by atoms with Crippen LogP contribution in [0.15, 0.2) is 18.2 Å². The topological polar surface area (TPSA) is 28.2 Å². The summed E-state index contributed by atoms with van der Waals surface area (Å²) in [6.07, 6.45) is 2.68. The molecule has 0 unspecified atom stereocenters. The van der Waals surface area contributed by atoms with Crippen molar-refractivity contribution in [1.82, 2.24) is 10.3 Å². The van der Waals surface area contributed by atoms with Gasteiger partial charge in [0.1, 0.15) is 0 Å². The molecule has 1 saturated heterocycles. The molecule has 1 aromatic heterocycles. The van der Waals surface area contributed by atoms with Gasteiger partial charge in [-0.25, -0.2) is 4.98 Å². The van der Waals surface area contributed by atoms with Gasteiger partial charge in [-0.15, -0.1) is 11.3 Å². The fourth-order valence-electron chi connectivity index (χ4n) is 2.56. The van der Waals surface area contributed by atoms with Crippen molar-refractivity contribution in [3.05, 3.63) is 23.2 Å². The van der Waals surface area contributed by atoms with Crippen LogP contribution in [0.2, 0.25) is 0 Å². The minimum atomic E-state index is 0.769. The number of fused-ring (bicyclic) bond motifs is 1. The zero-order valence-electron chi connectivity index (χ0n) is 10.4. The Bertz CT molecular complexity index is 567. The van der Waals surface area contributed by atoms with Crippen molar-refractivity contribution in [3.63, 3.8) is 0 Å². The third-order valence-corrected chi connectivity index (χ3v) is 4.98. The van der Waals surface area contributed by atoms with Crippen LogP contribution in [0, 0.1) is 0 Å². The lowest BCUT2D eigenvalue weighted by atomic mass is 10.2. The first-order valence-corrected chi connectivity index (χ1v) is 7.58. The van der Waals surface area contributed by atoms with Crippen molar-refractivity contribution in [2.24, 2.45) is 0 Å². The highest BCUT2D eigenvalue weighted by molar-refractivity contribution is 7.18. The summed E-state index contributed by atoms with van der Waals surface area (Å²) in [6.45, 7) is 4.40.